The molecule has 0 aliphatic rings. The van der Waals surface area contributed by atoms with Crippen molar-refractivity contribution in [3.05, 3.63) is 35.9 Å². The first-order valence-electron chi connectivity index (χ1n) is 7.42. The Labute approximate surface area is 132 Å². The first-order chi connectivity index (χ1) is 10.5. The Morgan fingerprint density at radius 2 is 1.95 bits per heavy atom. The lowest BCUT2D eigenvalue weighted by Crippen LogP contribution is -2.28. The number of ether oxygens (including phenoxy) is 2. The molecule has 0 saturated carbocycles. The molecule has 1 aromatic rings. The maximum Gasteiger partial charge on any atom is 0.303 e. The molecule has 0 amide bonds. The zero-order valence-electron chi connectivity index (χ0n) is 13.4. The summed E-state index contributed by atoms with van der Waals surface area (Å²) in [5.41, 5.74) is 1.11. The lowest BCUT2D eigenvalue weighted by atomic mass is 9.94. The van der Waals surface area contributed by atoms with Gasteiger partial charge in [-0.15, -0.1) is 0 Å². The largest absolute Gasteiger partial charge is 0.453 e. The Balaban J connectivity index is 2.31. The van der Waals surface area contributed by atoms with Crippen LogP contribution >= 0.6 is 0 Å². The molecule has 0 aromatic heterocycles. The van der Waals surface area contributed by atoms with Crippen LogP contribution in [0, 0.1) is 23.7 Å². The first-order valence-corrected chi connectivity index (χ1v) is 7.42. The SMILES string of the molecule is CC(=O)OCC#C[C@@H](C)[C@@H](O)[C@H](C)COCc1ccccc1. The average Bonchev–Trinajstić information content (AvgIpc) is 2.51. The van der Waals surface area contributed by atoms with E-state index in [0.717, 1.165) is 5.56 Å². The smallest absolute Gasteiger partial charge is 0.303 e. The highest BCUT2D eigenvalue weighted by Crippen LogP contribution is 2.13. The molecule has 1 N–H and O–H groups in total. The van der Waals surface area contributed by atoms with E-state index in [1.54, 1.807) is 0 Å². The van der Waals surface area contributed by atoms with Crippen LogP contribution in [-0.2, 0) is 20.9 Å². The van der Waals surface area contributed by atoms with E-state index < -0.39 is 6.10 Å². The second kappa shape index (κ2) is 9.99. The molecule has 120 valence electrons. The van der Waals surface area contributed by atoms with Gasteiger partial charge in [-0.2, -0.15) is 0 Å². The van der Waals surface area contributed by atoms with E-state index in [0.29, 0.717) is 13.2 Å². The van der Waals surface area contributed by atoms with Gasteiger partial charge in [0.25, 0.3) is 0 Å². The molecule has 4 heteroatoms. The second-order valence-corrected chi connectivity index (χ2v) is 5.36. The normalized spacial score (nSPS) is 14.4. The maximum absolute atomic E-state index is 10.6. The summed E-state index contributed by atoms with van der Waals surface area (Å²) < 4.78 is 10.4. The van der Waals surface area contributed by atoms with Gasteiger partial charge in [-0.1, -0.05) is 49.1 Å². The topological polar surface area (TPSA) is 55.8 Å². The predicted molar refractivity (Wildman–Crippen MR) is 84.8 cm³/mol. The third kappa shape index (κ3) is 7.26. The average molecular weight is 304 g/mol. The Kier molecular flexibility index (Phi) is 8.27. The molecule has 0 fully saturated rings. The van der Waals surface area contributed by atoms with Crippen LogP contribution in [0.4, 0.5) is 0 Å². The highest BCUT2D eigenvalue weighted by molar-refractivity contribution is 5.66. The lowest BCUT2D eigenvalue weighted by molar-refractivity contribution is -0.139. The van der Waals surface area contributed by atoms with Crippen molar-refractivity contribution in [3.63, 3.8) is 0 Å². The van der Waals surface area contributed by atoms with Gasteiger partial charge in [-0.05, 0) is 12.5 Å². The molecular weight excluding hydrogens is 280 g/mol. The number of aliphatic hydroxyl groups is 1. The highest BCUT2D eigenvalue weighted by atomic mass is 16.5. The van der Waals surface area contributed by atoms with Crippen molar-refractivity contribution < 1.29 is 19.4 Å². The fourth-order valence-corrected chi connectivity index (χ4v) is 1.95. The van der Waals surface area contributed by atoms with Crippen LogP contribution in [0.15, 0.2) is 30.3 Å². The number of hydrogen-bond acceptors (Lipinski definition) is 4. The zero-order valence-corrected chi connectivity index (χ0v) is 13.4. The monoisotopic (exact) mass is 304 g/mol. The molecule has 1 rings (SSSR count). The first kappa shape index (κ1) is 18.2. The van der Waals surface area contributed by atoms with Gasteiger partial charge in [0.05, 0.1) is 19.3 Å². The van der Waals surface area contributed by atoms with Crippen molar-refractivity contribution in [1.82, 2.24) is 0 Å². The van der Waals surface area contributed by atoms with Gasteiger partial charge in [0.1, 0.15) is 0 Å². The number of hydrogen-bond donors (Lipinski definition) is 1. The Morgan fingerprint density at radius 3 is 2.59 bits per heavy atom. The van der Waals surface area contributed by atoms with Crippen LogP contribution in [-0.4, -0.2) is 30.4 Å². The Hall–Kier alpha value is -1.83. The van der Waals surface area contributed by atoms with E-state index in [9.17, 15) is 9.90 Å². The van der Waals surface area contributed by atoms with E-state index in [1.165, 1.54) is 6.92 Å². The fraction of sp³-hybridized carbons (Fsp3) is 0.500. The van der Waals surface area contributed by atoms with Crippen LogP contribution in [0.5, 0.6) is 0 Å². The number of rotatable bonds is 7. The van der Waals surface area contributed by atoms with Crippen LogP contribution in [0.3, 0.4) is 0 Å². The minimum absolute atomic E-state index is 0.0262. The summed E-state index contributed by atoms with van der Waals surface area (Å²) in [5.74, 6) is 5.05. The number of carbonyl (C=O) groups is 1. The summed E-state index contributed by atoms with van der Waals surface area (Å²) in [5, 5.41) is 10.2. The molecule has 0 aliphatic heterocycles. The van der Waals surface area contributed by atoms with Gasteiger partial charge in [0, 0.05) is 18.8 Å². The number of carbonyl (C=O) groups excluding carboxylic acids is 1. The van der Waals surface area contributed by atoms with Gasteiger partial charge in [0.2, 0.25) is 0 Å². The number of esters is 1. The van der Waals surface area contributed by atoms with Gasteiger partial charge in [-0.3, -0.25) is 4.79 Å². The second-order valence-electron chi connectivity index (χ2n) is 5.36. The van der Waals surface area contributed by atoms with Gasteiger partial charge >= 0.3 is 5.97 Å². The van der Waals surface area contributed by atoms with Crippen molar-refractivity contribution >= 4 is 5.97 Å². The van der Waals surface area contributed by atoms with Crippen molar-refractivity contribution in [2.75, 3.05) is 13.2 Å². The van der Waals surface area contributed by atoms with Crippen molar-refractivity contribution in [2.45, 2.75) is 33.5 Å². The number of aliphatic hydroxyl groups excluding tert-OH is 1. The minimum Gasteiger partial charge on any atom is -0.453 e. The summed E-state index contributed by atoms with van der Waals surface area (Å²) >= 11 is 0. The highest BCUT2D eigenvalue weighted by Gasteiger charge is 2.19. The van der Waals surface area contributed by atoms with Gasteiger partial charge in [0.15, 0.2) is 6.61 Å². The third-order valence-electron chi connectivity index (χ3n) is 3.26. The number of benzene rings is 1. The van der Waals surface area contributed by atoms with E-state index in [1.807, 2.05) is 44.2 Å². The lowest BCUT2D eigenvalue weighted by Gasteiger charge is -2.21. The van der Waals surface area contributed by atoms with E-state index in [4.69, 9.17) is 9.47 Å². The predicted octanol–water partition coefficient (Wildman–Crippen LogP) is 2.40. The maximum atomic E-state index is 10.6. The zero-order chi connectivity index (χ0) is 16.4. The quantitative estimate of drug-likeness (QED) is 0.621. The summed E-state index contributed by atoms with van der Waals surface area (Å²) in [6.45, 7) is 6.17. The molecule has 0 bridgehead atoms. The molecule has 0 radical (unpaired) electrons. The summed E-state index contributed by atoms with van der Waals surface area (Å²) in [6.07, 6.45) is -0.583. The molecule has 0 unspecified atom stereocenters. The van der Waals surface area contributed by atoms with Crippen LogP contribution in [0.1, 0.15) is 26.3 Å². The summed E-state index contributed by atoms with van der Waals surface area (Å²) in [4.78, 5) is 10.6. The third-order valence-corrected chi connectivity index (χ3v) is 3.26. The molecule has 3 atom stereocenters. The Bertz CT molecular complexity index is 501. The molecule has 0 aliphatic carbocycles. The summed E-state index contributed by atoms with van der Waals surface area (Å²) in [6, 6.07) is 9.91. The van der Waals surface area contributed by atoms with Crippen LogP contribution < -0.4 is 0 Å². The molecular formula is C18H24O4. The van der Waals surface area contributed by atoms with Crippen molar-refractivity contribution in [3.8, 4) is 11.8 Å². The molecule has 4 nitrogen and oxygen atoms in total. The minimum atomic E-state index is -0.583. The molecule has 0 heterocycles. The van der Waals surface area contributed by atoms with E-state index in [-0.39, 0.29) is 24.4 Å². The Morgan fingerprint density at radius 1 is 1.27 bits per heavy atom. The molecule has 1 aromatic carbocycles. The van der Waals surface area contributed by atoms with Crippen LogP contribution in [0.2, 0.25) is 0 Å². The van der Waals surface area contributed by atoms with E-state index >= 15 is 0 Å². The molecule has 22 heavy (non-hydrogen) atoms. The van der Waals surface area contributed by atoms with Gasteiger partial charge in [-0.25, -0.2) is 0 Å². The summed E-state index contributed by atoms with van der Waals surface area (Å²) in [7, 11) is 0. The molecule has 0 spiro atoms. The van der Waals surface area contributed by atoms with E-state index in [2.05, 4.69) is 11.8 Å². The fourth-order valence-electron chi connectivity index (χ4n) is 1.95. The van der Waals surface area contributed by atoms with Crippen molar-refractivity contribution in [1.29, 1.82) is 0 Å². The molecule has 0 saturated heterocycles. The van der Waals surface area contributed by atoms with Gasteiger partial charge < -0.3 is 14.6 Å². The standard InChI is InChI=1S/C18H24O4/c1-14(8-7-11-22-16(3)19)18(20)15(2)12-21-13-17-9-5-4-6-10-17/h4-6,9-10,14-15,18,20H,11-13H2,1-3H3/t14-,15-,18-/m1/s1. The van der Waals surface area contributed by atoms with Crippen molar-refractivity contribution in [2.24, 2.45) is 11.8 Å². The van der Waals surface area contributed by atoms with Crippen LogP contribution in [0.25, 0.3) is 0 Å².